The Kier molecular flexibility index (Phi) is 5.17. The van der Waals surface area contributed by atoms with E-state index in [0.29, 0.717) is 31.8 Å². The molecule has 1 saturated carbocycles. The predicted octanol–water partition coefficient (Wildman–Crippen LogP) is 2.30. The number of halogens is 3. The minimum Gasteiger partial charge on any atom is -0.367 e. The van der Waals surface area contributed by atoms with Crippen molar-refractivity contribution in [3.63, 3.8) is 0 Å². The van der Waals surface area contributed by atoms with Crippen molar-refractivity contribution < 1.29 is 22.8 Å². The van der Waals surface area contributed by atoms with Gasteiger partial charge in [0, 0.05) is 55.3 Å². The summed E-state index contributed by atoms with van der Waals surface area (Å²) in [5.41, 5.74) is 7.50. The normalized spacial score (nSPS) is 22.5. The summed E-state index contributed by atoms with van der Waals surface area (Å²) in [6.45, 7) is 2.08. The zero-order valence-electron chi connectivity index (χ0n) is 16.2. The van der Waals surface area contributed by atoms with E-state index in [1.165, 1.54) is 6.08 Å². The Morgan fingerprint density at radius 1 is 1.20 bits per heavy atom. The molecular weight excluding hydrogens is 399 g/mol. The van der Waals surface area contributed by atoms with E-state index in [2.05, 4.69) is 14.9 Å². The first-order valence-corrected chi connectivity index (χ1v) is 9.77. The number of alkyl halides is 3. The van der Waals surface area contributed by atoms with E-state index < -0.39 is 23.9 Å². The Bertz CT molecular complexity index is 986. The molecule has 2 aromatic heterocycles. The molecule has 0 unspecified atom stereocenters. The molecule has 2 fully saturated rings. The molecule has 3 heterocycles. The molecule has 0 atom stereocenters. The van der Waals surface area contributed by atoms with Crippen LogP contribution in [0.5, 0.6) is 0 Å². The van der Waals surface area contributed by atoms with Crippen molar-refractivity contribution in [2.24, 2.45) is 17.6 Å². The summed E-state index contributed by atoms with van der Waals surface area (Å²) in [7, 11) is 0. The number of carbonyl (C=O) groups is 2. The number of pyridine rings is 1. The first kappa shape index (κ1) is 20.2. The number of piperazine rings is 1. The standard InChI is InChI=1S/C20H22F3N5O2/c21-20(22,23)14-7-13(8-14)19(30)28-5-3-27(4-6-28)15-9-16-12(1-2-17(24)29)10-25-18(16)26-11-15/h1-2,9-11,13-14H,3-8H2,(H2,24,29)(H,25,26)/b2-1+. The smallest absolute Gasteiger partial charge is 0.367 e. The monoisotopic (exact) mass is 421 g/mol. The number of amides is 2. The third kappa shape index (κ3) is 3.99. The van der Waals surface area contributed by atoms with Crippen LogP contribution in [-0.4, -0.2) is 59.0 Å². The number of fused-ring (bicyclic) bond motifs is 1. The van der Waals surface area contributed by atoms with Gasteiger partial charge in [0.2, 0.25) is 11.8 Å². The quantitative estimate of drug-likeness (QED) is 0.741. The molecule has 0 spiro atoms. The molecule has 3 N–H and O–H groups in total. The minimum atomic E-state index is -4.20. The lowest BCUT2D eigenvalue weighted by atomic mass is 9.73. The zero-order chi connectivity index (χ0) is 21.5. The lowest BCUT2D eigenvalue weighted by Crippen LogP contribution is -2.53. The molecule has 0 radical (unpaired) electrons. The highest BCUT2D eigenvalue weighted by Crippen LogP contribution is 2.45. The summed E-state index contributed by atoms with van der Waals surface area (Å²) in [5.74, 6) is -2.57. The number of hydrogen-bond acceptors (Lipinski definition) is 4. The summed E-state index contributed by atoms with van der Waals surface area (Å²) in [5, 5.41) is 0.844. The first-order chi connectivity index (χ1) is 14.2. The molecular formula is C20H22F3N5O2. The van der Waals surface area contributed by atoms with Gasteiger partial charge < -0.3 is 20.5 Å². The van der Waals surface area contributed by atoms with Gasteiger partial charge in [0.25, 0.3) is 0 Å². The Balaban J connectivity index is 1.38. The van der Waals surface area contributed by atoms with Gasteiger partial charge in [0.15, 0.2) is 0 Å². The van der Waals surface area contributed by atoms with E-state index in [-0.39, 0.29) is 18.7 Å². The number of hydrogen-bond donors (Lipinski definition) is 2. The van der Waals surface area contributed by atoms with Crippen LogP contribution in [0.4, 0.5) is 18.9 Å². The van der Waals surface area contributed by atoms with E-state index in [0.717, 1.165) is 16.6 Å². The highest BCUT2D eigenvalue weighted by atomic mass is 19.4. The van der Waals surface area contributed by atoms with Crippen LogP contribution in [0.2, 0.25) is 0 Å². The summed E-state index contributed by atoms with van der Waals surface area (Å²) in [6.07, 6.45) is 1.98. The fourth-order valence-electron chi connectivity index (χ4n) is 4.03. The summed E-state index contributed by atoms with van der Waals surface area (Å²) >= 11 is 0. The molecule has 30 heavy (non-hydrogen) atoms. The number of carbonyl (C=O) groups excluding carboxylic acids is 2. The van der Waals surface area contributed by atoms with Crippen LogP contribution in [0.1, 0.15) is 18.4 Å². The molecule has 7 nitrogen and oxygen atoms in total. The minimum absolute atomic E-state index is 0.0990. The number of H-pyrrole nitrogens is 1. The average molecular weight is 421 g/mol. The highest BCUT2D eigenvalue weighted by Gasteiger charge is 2.50. The van der Waals surface area contributed by atoms with Crippen LogP contribution in [0.25, 0.3) is 17.1 Å². The number of aromatic nitrogens is 2. The second-order valence-corrected chi connectivity index (χ2v) is 7.79. The summed E-state index contributed by atoms with van der Waals surface area (Å²) < 4.78 is 38.0. The molecule has 1 aliphatic carbocycles. The molecule has 2 amide bonds. The van der Waals surface area contributed by atoms with Crippen molar-refractivity contribution in [1.82, 2.24) is 14.9 Å². The molecule has 0 bridgehead atoms. The Labute approximate surface area is 170 Å². The number of rotatable bonds is 4. The van der Waals surface area contributed by atoms with Gasteiger partial charge in [-0.1, -0.05) is 0 Å². The topological polar surface area (TPSA) is 95.3 Å². The number of nitrogens with two attached hydrogens (primary N) is 1. The molecule has 1 aliphatic heterocycles. The number of aromatic amines is 1. The number of nitrogens with one attached hydrogen (secondary N) is 1. The van der Waals surface area contributed by atoms with Gasteiger partial charge in [-0.2, -0.15) is 13.2 Å². The predicted molar refractivity (Wildman–Crippen MR) is 105 cm³/mol. The van der Waals surface area contributed by atoms with Gasteiger partial charge in [-0.15, -0.1) is 0 Å². The van der Waals surface area contributed by atoms with E-state index in [1.807, 2.05) is 6.07 Å². The van der Waals surface area contributed by atoms with E-state index in [1.54, 1.807) is 23.4 Å². The average Bonchev–Trinajstić information content (AvgIpc) is 3.06. The SMILES string of the molecule is NC(=O)/C=C/c1c[nH]c2ncc(N3CCN(C(=O)C4CC(C(F)(F)F)C4)CC3)cc12. The molecule has 1 saturated heterocycles. The van der Waals surface area contributed by atoms with Crippen LogP contribution >= 0.6 is 0 Å². The number of nitrogens with zero attached hydrogens (tertiary/aromatic N) is 3. The van der Waals surface area contributed by atoms with Gasteiger partial charge in [-0.3, -0.25) is 9.59 Å². The van der Waals surface area contributed by atoms with Crippen LogP contribution in [0.15, 0.2) is 24.5 Å². The maximum Gasteiger partial charge on any atom is 0.391 e. The summed E-state index contributed by atoms with van der Waals surface area (Å²) in [6, 6.07) is 1.96. The highest BCUT2D eigenvalue weighted by molar-refractivity contribution is 5.95. The van der Waals surface area contributed by atoms with Crippen molar-refractivity contribution in [2.75, 3.05) is 31.1 Å². The molecule has 2 aromatic rings. The van der Waals surface area contributed by atoms with Crippen molar-refractivity contribution in [2.45, 2.75) is 19.0 Å². The van der Waals surface area contributed by atoms with Gasteiger partial charge in [-0.25, -0.2) is 4.98 Å². The molecule has 2 aliphatic rings. The fraction of sp³-hybridized carbons (Fsp3) is 0.450. The Hall–Kier alpha value is -3.04. The van der Waals surface area contributed by atoms with E-state index in [9.17, 15) is 22.8 Å². The van der Waals surface area contributed by atoms with Gasteiger partial charge >= 0.3 is 6.18 Å². The lowest BCUT2D eigenvalue weighted by Gasteiger charge is -2.41. The lowest BCUT2D eigenvalue weighted by molar-refractivity contribution is -0.206. The molecule has 4 rings (SSSR count). The Morgan fingerprint density at radius 3 is 2.53 bits per heavy atom. The molecule has 0 aromatic carbocycles. The number of anilines is 1. The van der Waals surface area contributed by atoms with Gasteiger partial charge in [0.05, 0.1) is 17.8 Å². The third-order valence-corrected chi connectivity index (χ3v) is 5.88. The van der Waals surface area contributed by atoms with Gasteiger partial charge in [0.1, 0.15) is 5.65 Å². The van der Waals surface area contributed by atoms with Crippen molar-refractivity contribution in [3.8, 4) is 0 Å². The second kappa shape index (κ2) is 7.66. The van der Waals surface area contributed by atoms with Crippen LogP contribution in [-0.2, 0) is 9.59 Å². The largest absolute Gasteiger partial charge is 0.391 e. The maximum atomic E-state index is 12.7. The van der Waals surface area contributed by atoms with Gasteiger partial charge in [-0.05, 0) is 25.0 Å². The van der Waals surface area contributed by atoms with Crippen LogP contribution in [0, 0.1) is 11.8 Å². The van der Waals surface area contributed by atoms with Crippen molar-refractivity contribution in [1.29, 1.82) is 0 Å². The summed E-state index contributed by atoms with van der Waals surface area (Å²) in [4.78, 5) is 34.7. The first-order valence-electron chi connectivity index (χ1n) is 9.77. The zero-order valence-corrected chi connectivity index (χ0v) is 16.2. The van der Waals surface area contributed by atoms with E-state index >= 15 is 0 Å². The molecule has 160 valence electrons. The Morgan fingerprint density at radius 2 is 1.90 bits per heavy atom. The van der Waals surface area contributed by atoms with Crippen LogP contribution < -0.4 is 10.6 Å². The fourth-order valence-corrected chi connectivity index (χ4v) is 4.03. The number of primary amides is 1. The van der Waals surface area contributed by atoms with Crippen LogP contribution in [0.3, 0.4) is 0 Å². The second-order valence-electron chi connectivity index (χ2n) is 7.79. The van der Waals surface area contributed by atoms with Crippen molar-refractivity contribution >= 4 is 34.6 Å². The van der Waals surface area contributed by atoms with E-state index in [4.69, 9.17) is 5.73 Å². The van der Waals surface area contributed by atoms with Crippen molar-refractivity contribution in [3.05, 3.63) is 30.1 Å². The maximum absolute atomic E-state index is 12.7. The molecule has 10 heteroatoms. The third-order valence-electron chi connectivity index (χ3n) is 5.88.